The van der Waals surface area contributed by atoms with Gasteiger partial charge in [0.1, 0.15) is 0 Å². The first-order valence-electron chi connectivity index (χ1n) is 8.00. The summed E-state index contributed by atoms with van der Waals surface area (Å²) in [6.45, 7) is 4.42. The molecule has 0 fully saturated rings. The van der Waals surface area contributed by atoms with E-state index in [1.807, 2.05) is 11.7 Å². The molecule has 21 heavy (non-hydrogen) atoms. The zero-order valence-electron chi connectivity index (χ0n) is 12.8. The number of rotatable bonds is 6. The van der Waals surface area contributed by atoms with E-state index in [0.717, 1.165) is 19.5 Å². The van der Waals surface area contributed by atoms with Gasteiger partial charge in [-0.05, 0) is 49.8 Å². The SMILES string of the molecule is CCCNCC1(Cc2cncs2)CCCc2ccccc21. The summed E-state index contributed by atoms with van der Waals surface area (Å²) in [7, 11) is 0. The number of thiazole rings is 1. The molecule has 0 saturated carbocycles. The summed E-state index contributed by atoms with van der Waals surface area (Å²) >= 11 is 1.79. The first-order chi connectivity index (χ1) is 10.3. The highest BCUT2D eigenvalue weighted by atomic mass is 32.1. The normalized spacial score (nSPS) is 21.2. The molecule has 3 heteroatoms. The van der Waals surface area contributed by atoms with E-state index >= 15 is 0 Å². The molecule has 1 aromatic carbocycles. The standard InChI is InChI=1S/C18H24N2S/c1-2-10-19-13-18(11-16-12-20-14-21-16)9-5-7-15-6-3-4-8-17(15)18/h3-4,6,8,12,14,19H,2,5,7,9-11,13H2,1H3. The van der Waals surface area contributed by atoms with Crippen LogP contribution in [0.2, 0.25) is 0 Å². The van der Waals surface area contributed by atoms with Gasteiger partial charge in [-0.3, -0.25) is 4.98 Å². The predicted octanol–water partition coefficient (Wildman–Crippen LogP) is 3.96. The number of nitrogens with one attached hydrogen (secondary N) is 1. The molecule has 0 bridgehead atoms. The fourth-order valence-corrected chi connectivity index (χ4v) is 4.34. The third kappa shape index (κ3) is 3.19. The van der Waals surface area contributed by atoms with Crippen LogP contribution in [0.4, 0.5) is 0 Å². The van der Waals surface area contributed by atoms with Gasteiger partial charge in [-0.25, -0.2) is 0 Å². The lowest BCUT2D eigenvalue weighted by atomic mass is 9.67. The summed E-state index contributed by atoms with van der Waals surface area (Å²) in [4.78, 5) is 5.68. The Labute approximate surface area is 131 Å². The van der Waals surface area contributed by atoms with Crippen LogP contribution in [0, 0.1) is 0 Å². The molecule has 1 aliphatic carbocycles. The van der Waals surface area contributed by atoms with Gasteiger partial charge in [0.05, 0.1) is 5.51 Å². The molecule has 1 aliphatic rings. The molecule has 2 aromatic rings. The largest absolute Gasteiger partial charge is 0.316 e. The molecule has 1 heterocycles. The lowest BCUT2D eigenvalue weighted by Crippen LogP contribution is -2.42. The van der Waals surface area contributed by atoms with Crippen molar-refractivity contribution in [2.45, 2.75) is 44.4 Å². The average Bonchev–Trinajstić information content (AvgIpc) is 3.01. The number of nitrogens with zero attached hydrogens (tertiary/aromatic N) is 1. The van der Waals surface area contributed by atoms with Crippen molar-refractivity contribution in [3.63, 3.8) is 0 Å². The maximum Gasteiger partial charge on any atom is 0.0794 e. The van der Waals surface area contributed by atoms with Gasteiger partial charge < -0.3 is 5.32 Å². The van der Waals surface area contributed by atoms with Crippen LogP contribution in [-0.2, 0) is 18.3 Å². The zero-order valence-corrected chi connectivity index (χ0v) is 13.6. The van der Waals surface area contributed by atoms with Gasteiger partial charge in [0.15, 0.2) is 0 Å². The van der Waals surface area contributed by atoms with E-state index < -0.39 is 0 Å². The average molecular weight is 300 g/mol. The van der Waals surface area contributed by atoms with Crippen LogP contribution < -0.4 is 5.32 Å². The van der Waals surface area contributed by atoms with Crippen molar-refractivity contribution in [1.29, 1.82) is 0 Å². The second-order valence-corrected chi connectivity index (χ2v) is 7.08. The fraction of sp³-hybridized carbons (Fsp3) is 0.500. The van der Waals surface area contributed by atoms with Crippen molar-refractivity contribution in [1.82, 2.24) is 10.3 Å². The highest BCUT2D eigenvalue weighted by Crippen LogP contribution is 2.40. The number of benzene rings is 1. The Morgan fingerprint density at radius 3 is 3.05 bits per heavy atom. The molecule has 0 radical (unpaired) electrons. The van der Waals surface area contributed by atoms with Crippen LogP contribution in [0.25, 0.3) is 0 Å². The smallest absolute Gasteiger partial charge is 0.0794 e. The topological polar surface area (TPSA) is 24.9 Å². The minimum Gasteiger partial charge on any atom is -0.316 e. The summed E-state index contributed by atoms with van der Waals surface area (Å²) in [6, 6.07) is 9.05. The van der Waals surface area contributed by atoms with Crippen LogP contribution in [0.15, 0.2) is 36.0 Å². The van der Waals surface area contributed by atoms with Gasteiger partial charge in [-0.2, -0.15) is 0 Å². The number of hydrogen-bond donors (Lipinski definition) is 1. The Morgan fingerprint density at radius 1 is 1.33 bits per heavy atom. The van der Waals surface area contributed by atoms with E-state index in [2.05, 4.69) is 41.5 Å². The van der Waals surface area contributed by atoms with E-state index in [4.69, 9.17) is 0 Å². The summed E-state index contributed by atoms with van der Waals surface area (Å²) in [5.41, 5.74) is 5.31. The van der Waals surface area contributed by atoms with E-state index in [1.54, 1.807) is 22.5 Å². The molecule has 1 N–H and O–H groups in total. The van der Waals surface area contributed by atoms with Gasteiger partial charge >= 0.3 is 0 Å². The van der Waals surface area contributed by atoms with Crippen molar-refractivity contribution in [2.24, 2.45) is 0 Å². The Hall–Kier alpha value is -1.19. The Kier molecular flexibility index (Phi) is 4.71. The number of aryl methyl sites for hydroxylation is 1. The molecule has 0 spiro atoms. The summed E-state index contributed by atoms with van der Waals surface area (Å²) in [6.07, 6.45) is 8.16. The fourth-order valence-electron chi connectivity index (χ4n) is 3.60. The number of fused-ring (bicyclic) bond motifs is 1. The maximum atomic E-state index is 4.27. The molecule has 1 atom stereocenters. The van der Waals surface area contributed by atoms with Gasteiger partial charge in [-0.1, -0.05) is 31.2 Å². The molecule has 0 amide bonds. The molecular weight excluding hydrogens is 276 g/mol. The van der Waals surface area contributed by atoms with Crippen LogP contribution in [0.5, 0.6) is 0 Å². The zero-order chi connectivity index (χ0) is 14.5. The van der Waals surface area contributed by atoms with E-state index in [1.165, 1.54) is 30.6 Å². The third-order valence-corrected chi connectivity index (χ3v) is 5.36. The van der Waals surface area contributed by atoms with E-state index in [9.17, 15) is 0 Å². The number of hydrogen-bond acceptors (Lipinski definition) is 3. The van der Waals surface area contributed by atoms with Gasteiger partial charge in [0.2, 0.25) is 0 Å². The molecule has 112 valence electrons. The summed E-state index contributed by atoms with van der Waals surface area (Å²) in [5, 5.41) is 3.68. The first-order valence-corrected chi connectivity index (χ1v) is 8.88. The highest BCUT2D eigenvalue weighted by Gasteiger charge is 2.36. The predicted molar refractivity (Wildman–Crippen MR) is 90.0 cm³/mol. The number of aromatic nitrogens is 1. The maximum absolute atomic E-state index is 4.27. The van der Waals surface area contributed by atoms with Crippen LogP contribution in [0.3, 0.4) is 0 Å². The van der Waals surface area contributed by atoms with Crippen LogP contribution >= 0.6 is 11.3 Å². The Morgan fingerprint density at radius 2 is 2.24 bits per heavy atom. The van der Waals surface area contributed by atoms with Crippen LogP contribution in [-0.4, -0.2) is 18.1 Å². The molecular formula is C18H24N2S. The minimum atomic E-state index is 0.247. The molecule has 2 nitrogen and oxygen atoms in total. The van der Waals surface area contributed by atoms with Crippen molar-refractivity contribution < 1.29 is 0 Å². The Bertz CT molecular complexity index is 564. The van der Waals surface area contributed by atoms with Crippen molar-refractivity contribution in [3.05, 3.63) is 52.0 Å². The van der Waals surface area contributed by atoms with Crippen molar-refractivity contribution >= 4 is 11.3 Å². The first kappa shape index (κ1) is 14.7. The van der Waals surface area contributed by atoms with Gasteiger partial charge in [-0.15, -0.1) is 11.3 Å². The monoisotopic (exact) mass is 300 g/mol. The molecule has 0 saturated heterocycles. The van der Waals surface area contributed by atoms with Gasteiger partial charge in [0.25, 0.3) is 0 Å². The lowest BCUT2D eigenvalue weighted by Gasteiger charge is -2.39. The van der Waals surface area contributed by atoms with Crippen LogP contribution in [0.1, 0.15) is 42.2 Å². The Balaban J connectivity index is 1.92. The molecule has 0 aliphatic heterocycles. The lowest BCUT2D eigenvalue weighted by molar-refractivity contribution is 0.338. The van der Waals surface area contributed by atoms with Crippen molar-refractivity contribution in [2.75, 3.05) is 13.1 Å². The molecule has 1 unspecified atom stereocenters. The van der Waals surface area contributed by atoms with Crippen molar-refractivity contribution in [3.8, 4) is 0 Å². The highest BCUT2D eigenvalue weighted by molar-refractivity contribution is 7.09. The second-order valence-electron chi connectivity index (χ2n) is 6.11. The summed E-state index contributed by atoms with van der Waals surface area (Å²) in [5.74, 6) is 0. The quantitative estimate of drug-likeness (QED) is 0.817. The van der Waals surface area contributed by atoms with Gasteiger partial charge in [0, 0.05) is 23.0 Å². The second kappa shape index (κ2) is 6.71. The van der Waals surface area contributed by atoms with E-state index in [0.29, 0.717) is 0 Å². The minimum absolute atomic E-state index is 0.247. The van der Waals surface area contributed by atoms with E-state index in [-0.39, 0.29) is 5.41 Å². The summed E-state index contributed by atoms with van der Waals surface area (Å²) < 4.78 is 0. The third-order valence-electron chi connectivity index (χ3n) is 4.58. The molecule has 1 aromatic heterocycles. The molecule has 3 rings (SSSR count).